The Morgan fingerprint density at radius 3 is 2.16 bits per heavy atom. The molecule has 7 heteroatoms. The summed E-state index contributed by atoms with van der Waals surface area (Å²) in [4.78, 5) is 24.1. The molecule has 3 amide bonds. The Hall–Kier alpha value is -3.61. The molecule has 3 aromatic rings. The van der Waals surface area contributed by atoms with E-state index in [-0.39, 0.29) is 17.6 Å². The first-order chi connectivity index (χ1) is 12.1. The molecule has 0 atom stereocenters. The van der Waals surface area contributed by atoms with E-state index in [0.717, 1.165) is 0 Å². The molecule has 0 saturated carbocycles. The van der Waals surface area contributed by atoms with Crippen molar-refractivity contribution >= 4 is 29.0 Å². The topological polar surface area (TPSA) is 96.3 Å². The Labute approximate surface area is 144 Å². The zero-order valence-electron chi connectivity index (χ0n) is 13.4. The van der Waals surface area contributed by atoms with E-state index < -0.39 is 0 Å². The molecule has 7 nitrogen and oxygen atoms in total. The van der Waals surface area contributed by atoms with Crippen LogP contribution in [-0.4, -0.2) is 17.1 Å². The standard InChI is InChI=1S/C18H16N4O3/c1-12-10-16(22-25-12)17(23)19-14-8-5-9-15(11-14)21-18(24)20-13-6-3-2-4-7-13/h2-11H,1H3,(H,19,23)(H2,20,21,24). The van der Waals surface area contributed by atoms with Crippen molar-refractivity contribution in [3.8, 4) is 0 Å². The van der Waals surface area contributed by atoms with Crippen LogP contribution in [0.1, 0.15) is 16.2 Å². The fraction of sp³-hybridized carbons (Fsp3) is 0.0556. The summed E-state index contributed by atoms with van der Waals surface area (Å²) < 4.78 is 4.88. The third-order valence-electron chi connectivity index (χ3n) is 3.27. The van der Waals surface area contributed by atoms with Crippen molar-refractivity contribution in [3.05, 3.63) is 72.1 Å². The summed E-state index contributed by atoms with van der Waals surface area (Å²) >= 11 is 0. The second kappa shape index (κ2) is 7.31. The molecule has 0 radical (unpaired) electrons. The second-order valence-electron chi connectivity index (χ2n) is 5.30. The highest BCUT2D eigenvalue weighted by Gasteiger charge is 2.11. The highest BCUT2D eigenvalue weighted by atomic mass is 16.5. The fourth-order valence-corrected chi connectivity index (χ4v) is 2.16. The van der Waals surface area contributed by atoms with Crippen molar-refractivity contribution in [1.82, 2.24) is 5.16 Å². The van der Waals surface area contributed by atoms with E-state index in [1.165, 1.54) is 0 Å². The molecular weight excluding hydrogens is 320 g/mol. The number of para-hydroxylation sites is 1. The minimum atomic E-state index is -0.386. The maximum absolute atomic E-state index is 12.1. The van der Waals surface area contributed by atoms with Gasteiger partial charge in [-0.05, 0) is 37.3 Å². The van der Waals surface area contributed by atoms with Gasteiger partial charge in [-0.2, -0.15) is 0 Å². The number of urea groups is 1. The first-order valence-electron chi connectivity index (χ1n) is 7.58. The van der Waals surface area contributed by atoms with Crippen molar-refractivity contribution in [2.24, 2.45) is 0 Å². The van der Waals surface area contributed by atoms with Crippen LogP contribution in [0.15, 0.2) is 65.2 Å². The highest BCUT2D eigenvalue weighted by molar-refractivity contribution is 6.04. The molecule has 0 aliphatic carbocycles. The summed E-state index contributed by atoms with van der Waals surface area (Å²) in [7, 11) is 0. The van der Waals surface area contributed by atoms with Crippen molar-refractivity contribution in [2.75, 3.05) is 16.0 Å². The maximum atomic E-state index is 12.1. The quantitative estimate of drug-likeness (QED) is 0.673. The van der Waals surface area contributed by atoms with Gasteiger partial charge in [0.25, 0.3) is 5.91 Å². The molecule has 126 valence electrons. The van der Waals surface area contributed by atoms with Gasteiger partial charge < -0.3 is 20.5 Å². The second-order valence-corrected chi connectivity index (χ2v) is 5.30. The van der Waals surface area contributed by atoms with Crippen molar-refractivity contribution in [1.29, 1.82) is 0 Å². The summed E-state index contributed by atoms with van der Waals surface area (Å²) in [5, 5.41) is 11.8. The lowest BCUT2D eigenvalue weighted by Gasteiger charge is -2.09. The van der Waals surface area contributed by atoms with Gasteiger partial charge in [-0.3, -0.25) is 4.79 Å². The molecular formula is C18H16N4O3. The van der Waals surface area contributed by atoms with Crippen LogP contribution < -0.4 is 16.0 Å². The number of anilines is 3. The zero-order valence-corrected chi connectivity index (χ0v) is 13.4. The van der Waals surface area contributed by atoms with Gasteiger partial charge >= 0.3 is 6.03 Å². The van der Waals surface area contributed by atoms with E-state index in [4.69, 9.17) is 4.52 Å². The van der Waals surface area contributed by atoms with E-state index in [1.54, 1.807) is 49.4 Å². The summed E-state index contributed by atoms with van der Waals surface area (Å²) in [5.74, 6) is 0.167. The summed E-state index contributed by atoms with van der Waals surface area (Å²) in [6.45, 7) is 1.71. The Balaban J connectivity index is 1.63. The van der Waals surface area contributed by atoms with Crippen LogP contribution in [0.3, 0.4) is 0 Å². The SMILES string of the molecule is Cc1cc(C(=O)Nc2cccc(NC(=O)Nc3ccccc3)c2)no1. The Bertz CT molecular complexity index is 890. The lowest BCUT2D eigenvalue weighted by atomic mass is 10.2. The van der Waals surface area contributed by atoms with E-state index in [1.807, 2.05) is 18.2 Å². The molecule has 3 rings (SSSR count). The number of amides is 3. The van der Waals surface area contributed by atoms with Gasteiger partial charge in [0.05, 0.1) is 0 Å². The van der Waals surface area contributed by atoms with Crippen LogP contribution in [0.5, 0.6) is 0 Å². The normalized spacial score (nSPS) is 10.1. The number of hydrogen-bond donors (Lipinski definition) is 3. The van der Waals surface area contributed by atoms with Crippen LogP contribution in [0, 0.1) is 6.92 Å². The van der Waals surface area contributed by atoms with Crippen LogP contribution in [0.4, 0.5) is 21.9 Å². The van der Waals surface area contributed by atoms with E-state index in [0.29, 0.717) is 22.8 Å². The van der Waals surface area contributed by atoms with Crippen molar-refractivity contribution in [3.63, 3.8) is 0 Å². The Morgan fingerprint density at radius 1 is 0.840 bits per heavy atom. The third-order valence-corrected chi connectivity index (χ3v) is 3.27. The number of hydrogen-bond acceptors (Lipinski definition) is 4. The lowest BCUT2D eigenvalue weighted by Crippen LogP contribution is -2.19. The number of benzene rings is 2. The Kier molecular flexibility index (Phi) is 4.75. The maximum Gasteiger partial charge on any atom is 0.323 e. The highest BCUT2D eigenvalue weighted by Crippen LogP contribution is 2.17. The largest absolute Gasteiger partial charge is 0.361 e. The molecule has 25 heavy (non-hydrogen) atoms. The molecule has 0 unspecified atom stereocenters. The lowest BCUT2D eigenvalue weighted by molar-refractivity contribution is 0.101. The molecule has 2 aromatic carbocycles. The molecule has 0 aliphatic heterocycles. The van der Waals surface area contributed by atoms with Crippen LogP contribution in [0.25, 0.3) is 0 Å². The van der Waals surface area contributed by atoms with E-state index in [9.17, 15) is 9.59 Å². The van der Waals surface area contributed by atoms with Gasteiger partial charge in [0, 0.05) is 23.1 Å². The zero-order chi connectivity index (χ0) is 17.6. The fourth-order valence-electron chi connectivity index (χ4n) is 2.16. The average molecular weight is 336 g/mol. The monoisotopic (exact) mass is 336 g/mol. The third kappa shape index (κ3) is 4.44. The van der Waals surface area contributed by atoms with Gasteiger partial charge in [0.2, 0.25) is 0 Å². The first kappa shape index (κ1) is 16.3. The van der Waals surface area contributed by atoms with Crippen molar-refractivity contribution < 1.29 is 14.1 Å². The molecule has 0 bridgehead atoms. The Morgan fingerprint density at radius 2 is 1.48 bits per heavy atom. The number of aromatic nitrogens is 1. The number of rotatable bonds is 4. The van der Waals surface area contributed by atoms with Gasteiger partial charge in [0.15, 0.2) is 5.69 Å². The van der Waals surface area contributed by atoms with E-state index in [2.05, 4.69) is 21.1 Å². The van der Waals surface area contributed by atoms with Gasteiger partial charge in [-0.25, -0.2) is 4.79 Å². The summed E-state index contributed by atoms with van der Waals surface area (Å²) in [5.41, 5.74) is 1.95. The van der Waals surface area contributed by atoms with Crippen LogP contribution in [0.2, 0.25) is 0 Å². The minimum Gasteiger partial charge on any atom is -0.361 e. The molecule has 0 saturated heterocycles. The number of nitrogens with zero attached hydrogens (tertiary/aromatic N) is 1. The average Bonchev–Trinajstić information content (AvgIpc) is 3.02. The number of carbonyl (C=O) groups excluding carboxylic acids is 2. The van der Waals surface area contributed by atoms with Crippen molar-refractivity contribution in [2.45, 2.75) is 6.92 Å². The smallest absolute Gasteiger partial charge is 0.323 e. The summed E-state index contributed by atoms with van der Waals surface area (Å²) in [6, 6.07) is 17.1. The summed E-state index contributed by atoms with van der Waals surface area (Å²) in [6.07, 6.45) is 0. The van der Waals surface area contributed by atoms with Crippen LogP contribution >= 0.6 is 0 Å². The molecule has 3 N–H and O–H groups in total. The molecule has 0 fully saturated rings. The predicted octanol–water partition coefficient (Wildman–Crippen LogP) is 3.88. The van der Waals surface area contributed by atoms with Crippen LogP contribution in [-0.2, 0) is 0 Å². The van der Waals surface area contributed by atoms with E-state index >= 15 is 0 Å². The molecule has 0 spiro atoms. The number of carbonyl (C=O) groups is 2. The van der Waals surface area contributed by atoms with Gasteiger partial charge in [0.1, 0.15) is 5.76 Å². The number of nitrogens with one attached hydrogen (secondary N) is 3. The minimum absolute atomic E-state index is 0.192. The predicted molar refractivity (Wildman–Crippen MR) is 94.7 cm³/mol. The number of aryl methyl sites for hydroxylation is 1. The molecule has 1 heterocycles. The molecule has 1 aromatic heterocycles. The molecule has 0 aliphatic rings. The van der Waals surface area contributed by atoms with Gasteiger partial charge in [-0.1, -0.05) is 29.4 Å². The first-order valence-corrected chi connectivity index (χ1v) is 7.58. The van der Waals surface area contributed by atoms with Gasteiger partial charge in [-0.15, -0.1) is 0 Å².